The third kappa shape index (κ3) is 2.35. The van der Waals surface area contributed by atoms with Crippen LogP contribution < -0.4 is 5.32 Å². The Bertz CT molecular complexity index is 435. The number of hydrogen-bond acceptors (Lipinski definition) is 4. The van der Waals surface area contributed by atoms with E-state index in [0.29, 0.717) is 12.0 Å². The highest BCUT2D eigenvalue weighted by atomic mass is 32.1. The molecule has 1 heterocycles. The maximum Gasteiger partial charge on any atom is 0.365 e. The predicted molar refractivity (Wildman–Crippen MR) is 65.2 cm³/mol. The minimum absolute atomic E-state index is 0.185. The highest BCUT2D eigenvalue weighted by molar-refractivity contribution is 7.11. The van der Waals surface area contributed by atoms with Gasteiger partial charge in [0.1, 0.15) is 0 Å². The normalized spacial score (nSPS) is 21.4. The zero-order valence-corrected chi connectivity index (χ0v) is 10.4. The van der Waals surface area contributed by atoms with Crippen LogP contribution >= 0.6 is 11.3 Å². The maximum absolute atomic E-state index is 10.7. The third-order valence-corrected chi connectivity index (χ3v) is 4.73. The van der Waals surface area contributed by atoms with Gasteiger partial charge in [-0.1, -0.05) is 0 Å². The van der Waals surface area contributed by atoms with E-state index >= 15 is 0 Å². The van der Waals surface area contributed by atoms with Crippen LogP contribution in [0.4, 0.5) is 0 Å². The Balaban J connectivity index is 1.48. The van der Waals surface area contributed by atoms with Gasteiger partial charge in [0.25, 0.3) is 0 Å². The van der Waals surface area contributed by atoms with E-state index in [0.717, 1.165) is 18.2 Å². The van der Waals surface area contributed by atoms with Crippen LogP contribution in [0.25, 0.3) is 0 Å². The lowest BCUT2D eigenvalue weighted by Gasteiger charge is -2.14. The monoisotopic (exact) mass is 252 g/mol. The zero-order chi connectivity index (χ0) is 11.9. The van der Waals surface area contributed by atoms with Crippen LogP contribution in [0.2, 0.25) is 0 Å². The van der Waals surface area contributed by atoms with Gasteiger partial charge < -0.3 is 10.4 Å². The summed E-state index contributed by atoms with van der Waals surface area (Å²) < 4.78 is 0. The Morgan fingerprint density at radius 2 is 2.35 bits per heavy atom. The van der Waals surface area contributed by atoms with E-state index in [2.05, 4.69) is 10.3 Å². The number of rotatable bonds is 6. The quantitative estimate of drug-likeness (QED) is 0.814. The highest BCUT2D eigenvalue weighted by Gasteiger charge is 2.53. The molecule has 2 aliphatic rings. The number of nitrogens with one attached hydrogen (secondary N) is 1. The molecule has 0 aromatic carbocycles. The second kappa shape index (κ2) is 4.07. The lowest BCUT2D eigenvalue weighted by molar-refractivity contribution is 0.0696. The average molecular weight is 252 g/mol. The van der Waals surface area contributed by atoms with Crippen LogP contribution in [-0.4, -0.2) is 22.6 Å². The molecule has 0 radical (unpaired) electrons. The Labute approximate surface area is 104 Å². The molecule has 0 aliphatic heterocycles. The second-order valence-corrected chi connectivity index (χ2v) is 6.05. The molecule has 2 saturated carbocycles. The van der Waals surface area contributed by atoms with Crippen molar-refractivity contribution in [2.75, 3.05) is 6.54 Å². The van der Waals surface area contributed by atoms with E-state index in [-0.39, 0.29) is 5.01 Å². The molecule has 92 valence electrons. The number of hydrogen-bond donors (Lipinski definition) is 2. The smallest absolute Gasteiger partial charge is 0.365 e. The number of thiazole rings is 1. The number of aromatic carboxylic acids is 1. The van der Waals surface area contributed by atoms with Gasteiger partial charge in [0.05, 0.1) is 5.69 Å². The fraction of sp³-hybridized carbons (Fsp3) is 0.667. The first-order chi connectivity index (χ1) is 8.20. The molecule has 0 spiro atoms. The van der Waals surface area contributed by atoms with Crippen molar-refractivity contribution in [2.24, 2.45) is 11.3 Å². The number of nitrogens with zero attached hydrogens (tertiary/aromatic N) is 1. The minimum atomic E-state index is -0.933. The van der Waals surface area contributed by atoms with Gasteiger partial charge in [0.2, 0.25) is 5.01 Å². The summed E-state index contributed by atoms with van der Waals surface area (Å²) in [6.45, 7) is 1.76. The molecular formula is C12H16N2O2S. The zero-order valence-electron chi connectivity index (χ0n) is 9.61. The van der Waals surface area contributed by atoms with Crippen molar-refractivity contribution in [1.82, 2.24) is 10.3 Å². The SMILES string of the molecule is O=C(O)c1nc(CNCC2(C3CC3)CC2)cs1. The first-order valence-corrected chi connectivity index (χ1v) is 6.96. The van der Waals surface area contributed by atoms with Gasteiger partial charge in [0, 0.05) is 18.5 Å². The molecule has 2 N–H and O–H groups in total. The van der Waals surface area contributed by atoms with E-state index in [1.54, 1.807) is 0 Å². The van der Waals surface area contributed by atoms with Gasteiger partial charge >= 0.3 is 5.97 Å². The van der Waals surface area contributed by atoms with Gasteiger partial charge in [-0.05, 0) is 37.0 Å². The van der Waals surface area contributed by atoms with Crippen LogP contribution in [-0.2, 0) is 6.54 Å². The fourth-order valence-electron chi connectivity index (χ4n) is 2.51. The Morgan fingerprint density at radius 3 is 2.88 bits per heavy atom. The number of aromatic nitrogens is 1. The topological polar surface area (TPSA) is 62.2 Å². The van der Waals surface area contributed by atoms with Gasteiger partial charge in [-0.25, -0.2) is 9.78 Å². The highest BCUT2D eigenvalue weighted by Crippen LogP contribution is 2.60. The first-order valence-electron chi connectivity index (χ1n) is 6.08. The van der Waals surface area contributed by atoms with Crippen LogP contribution in [0.15, 0.2) is 5.38 Å². The number of carbonyl (C=O) groups is 1. The predicted octanol–water partition coefficient (Wildman–Crippen LogP) is 2.12. The van der Waals surface area contributed by atoms with Gasteiger partial charge in [-0.15, -0.1) is 11.3 Å². The van der Waals surface area contributed by atoms with Crippen molar-refractivity contribution in [3.8, 4) is 0 Å². The summed E-state index contributed by atoms with van der Waals surface area (Å²) in [7, 11) is 0. The van der Waals surface area contributed by atoms with E-state index < -0.39 is 5.97 Å². The van der Waals surface area contributed by atoms with Crippen molar-refractivity contribution in [1.29, 1.82) is 0 Å². The van der Waals surface area contributed by atoms with Crippen LogP contribution in [0.1, 0.15) is 41.2 Å². The fourth-order valence-corrected chi connectivity index (χ4v) is 3.17. The van der Waals surface area contributed by atoms with E-state index in [9.17, 15) is 4.79 Å². The minimum Gasteiger partial charge on any atom is -0.476 e. The molecule has 3 rings (SSSR count). The molecular weight excluding hydrogens is 236 g/mol. The summed E-state index contributed by atoms with van der Waals surface area (Å²) in [6, 6.07) is 0. The summed E-state index contributed by atoms with van der Waals surface area (Å²) in [5, 5.41) is 14.2. The van der Waals surface area contributed by atoms with Crippen LogP contribution in [0, 0.1) is 11.3 Å². The molecule has 4 nitrogen and oxygen atoms in total. The van der Waals surface area contributed by atoms with E-state index in [4.69, 9.17) is 5.11 Å². The van der Waals surface area contributed by atoms with Crippen molar-refractivity contribution in [3.05, 3.63) is 16.1 Å². The Hall–Kier alpha value is -0.940. The van der Waals surface area contributed by atoms with Crippen molar-refractivity contribution < 1.29 is 9.90 Å². The number of carboxylic acid groups (broad SMARTS) is 1. The molecule has 17 heavy (non-hydrogen) atoms. The molecule has 1 aromatic rings. The summed E-state index contributed by atoms with van der Waals surface area (Å²) in [4.78, 5) is 14.7. The van der Waals surface area contributed by atoms with Gasteiger partial charge in [0.15, 0.2) is 0 Å². The number of carboxylic acids is 1. The second-order valence-electron chi connectivity index (χ2n) is 5.19. The standard InChI is InChI=1S/C12H16N2O2S/c15-11(16)10-14-9(6-17-10)5-13-7-12(3-4-12)8-1-2-8/h6,8,13H,1-5,7H2,(H,15,16). The van der Waals surface area contributed by atoms with E-state index in [1.807, 2.05) is 5.38 Å². The van der Waals surface area contributed by atoms with Gasteiger partial charge in [-0.3, -0.25) is 0 Å². The summed E-state index contributed by atoms with van der Waals surface area (Å²) in [6.07, 6.45) is 5.54. The largest absolute Gasteiger partial charge is 0.476 e. The van der Waals surface area contributed by atoms with Crippen molar-refractivity contribution in [2.45, 2.75) is 32.2 Å². The molecule has 1 aromatic heterocycles. The Kier molecular flexibility index (Phi) is 2.67. The van der Waals surface area contributed by atoms with Crippen LogP contribution in [0.3, 0.4) is 0 Å². The lowest BCUT2D eigenvalue weighted by atomic mass is 10.0. The molecule has 5 heteroatoms. The molecule has 0 bridgehead atoms. The maximum atomic E-state index is 10.7. The Morgan fingerprint density at radius 1 is 1.59 bits per heavy atom. The third-order valence-electron chi connectivity index (χ3n) is 3.85. The molecule has 2 fully saturated rings. The summed E-state index contributed by atoms with van der Waals surface area (Å²) in [5.74, 6) is 0.0258. The van der Waals surface area contributed by atoms with Gasteiger partial charge in [-0.2, -0.15) is 0 Å². The molecule has 0 atom stereocenters. The van der Waals surface area contributed by atoms with Crippen molar-refractivity contribution >= 4 is 17.3 Å². The average Bonchev–Trinajstić information content (AvgIpc) is 3.17. The molecule has 0 amide bonds. The molecule has 2 aliphatic carbocycles. The van der Waals surface area contributed by atoms with Crippen molar-refractivity contribution in [3.63, 3.8) is 0 Å². The van der Waals surface area contributed by atoms with E-state index in [1.165, 1.54) is 37.0 Å². The lowest BCUT2D eigenvalue weighted by Crippen LogP contribution is -2.25. The molecule has 0 saturated heterocycles. The molecule has 0 unspecified atom stereocenters. The summed E-state index contributed by atoms with van der Waals surface area (Å²) in [5.41, 5.74) is 1.44. The van der Waals surface area contributed by atoms with Crippen LogP contribution in [0.5, 0.6) is 0 Å². The first kappa shape index (κ1) is 11.2. The summed E-state index contributed by atoms with van der Waals surface area (Å²) >= 11 is 1.20.